The number of carbonyl (C=O) groups is 8. The summed E-state index contributed by atoms with van der Waals surface area (Å²) in [5.41, 5.74) is -3.98. The van der Waals surface area contributed by atoms with Gasteiger partial charge in [-0.2, -0.15) is 101 Å². The molecule has 0 amide bonds. The summed E-state index contributed by atoms with van der Waals surface area (Å²) < 4.78 is 47.2. The average molecular weight is 1050 g/mol. The van der Waals surface area contributed by atoms with Crippen LogP contribution in [0.3, 0.4) is 0 Å². The summed E-state index contributed by atoms with van der Waals surface area (Å²) in [5, 5.41) is 19.8. The number of ether oxygens (including phenoxy) is 9. The molecule has 0 aliphatic rings. The first-order valence-electron chi connectivity index (χ1n) is 18.9. The summed E-state index contributed by atoms with van der Waals surface area (Å²) in [5.74, 6) is -4.03. The molecule has 0 fully saturated rings. The lowest BCUT2D eigenvalue weighted by molar-refractivity contribution is -0.173. The molecule has 0 aromatic carbocycles. The molecule has 0 rings (SSSR count). The maximum Gasteiger partial charge on any atom is 0.315 e. The molecule has 2 N–H and O–H groups in total. The van der Waals surface area contributed by atoms with Crippen molar-refractivity contribution < 1.29 is 91.2 Å². The second-order valence-electron chi connectivity index (χ2n) is 13.4. The van der Waals surface area contributed by atoms with Crippen molar-refractivity contribution in [2.75, 3.05) is 125 Å². The minimum absolute atomic E-state index is 0.00184. The van der Waals surface area contributed by atoms with Crippen LogP contribution in [0.4, 0.5) is 0 Å². The molecule has 0 atom stereocenters. The van der Waals surface area contributed by atoms with Gasteiger partial charge in [0.05, 0.1) is 92.0 Å². The normalized spacial score (nSPS) is 11.3. The number of carbonyl (C=O) groups excluding carboxylic acids is 8. The number of thiol groups is 8. The van der Waals surface area contributed by atoms with Gasteiger partial charge in [-0.1, -0.05) is 0 Å². The predicted octanol–water partition coefficient (Wildman–Crippen LogP) is 0.668. The van der Waals surface area contributed by atoms with Gasteiger partial charge < -0.3 is 52.8 Å². The Balaban J connectivity index is 0. The molecule has 0 heterocycles. The van der Waals surface area contributed by atoms with E-state index in [-0.39, 0.29) is 144 Å². The van der Waals surface area contributed by atoms with E-state index in [1.54, 1.807) is 0 Å². The first-order chi connectivity index (χ1) is 30.0. The summed E-state index contributed by atoms with van der Waals surface area (Å²) in [4.78, 5) is 94.0. The van der Waals surface area contributed by atoms with E-state index in [4.69, 9.17) is 42.6 Å². The van der Waals surface area contributed by atoms with Crippen LogP contribution in [-0.4, -0.2) is 183 Å². The lowest BCUT2D eigenvalue weighted by Crippen LogP contribution is -2.46. The highest BCUT2D eigenvalue weighted by Crippen LogP contribution is 2.26. The van der Waals surface area contributed by atoms with Gasteiger partial charge in [0.2, 0.25) is 0 Å². The lowest BCUT2D eigenvalue weighted by Gasteiger charge is -2.35. The Morgan fingerprint density at radius 3 is 0.698 bits per heavy atom. The average Bonchev–Trinajstić information content (AvgIpc) is 3.27. The van der Waals surface area contributed by atoms with Crippen LogP contribution >= 0.6 is 101 Å². The number of aliphatic hydroxyl groups excluding tert-OH is 2. The van der Waals surface area contributed by atoms with Crippen LogP contribution < -0.4 is 0 Å². The summed E-state index contributed by atoms with van der Waals surface area (Å²) in [6, 6.07) is 0. The largest absolute Gasteiger partial charge is 0.465 e. The van der Waals surface area contributed by atoms with E-state index in [2.05, 4.69) is 101 Å². The fourth-order valence-electron chi connectivity index (χ4n) is 4.08. The zero-order valence-electron chi connectivity index (χ0n) is 34.6. The molecule has 19 nitrogen and oxygen atoms in total. The highest BCUT2D eigenvalue weighted by atomic mass is 32.1. The molecule has 366 valence electrons. The standard InChI is InChI=1S/C25H42O12S5.C11H18O7S3/c26-11-24(14-33-19(27)1-6-38,15-34-20(28)2-7-39)12-32-13-25(16-35-21(29)3-8-40,17-36-22(30)4-9-41)18-37-23(31)5-10-42;12-4-11(5-16-8(13)1-19,6-17-9(14)2-20)7-18-10(15)3-21/h26,38-42H,1-18H2;12,19-21H,1-7H2. The fraction of sp³-hybridized carbons (Fsp3) is 0.778. The molecule has 63 heavy (non-hydrogen) atoms. The van der Waals surface area contributed by atoms with E-state index in [1.807, 2.05) is 0 Å². The van der Waals surface area contributed by atoms with Crippen LogP contribution in [0, 0.1) is 16.2 Å². The van der Waals surface area contributed by atoms with Crippen LogP contribution in [0.2, 0.25) is 0 Å². The number of hydrogen-bond donors (Lipinski definition) is 10. The van der Waals surface area contributed by atoms with E-state index >= 15 is 0 Å². The van der Waals surface area contributed by atoms with Crippen molar-refractivity contribution in [1.82, 2.24) is 0 Å². The molecule has 0 spiro atoms. The highest BCUT2D eigenvalue weighted by Gasteiger charge is 2.40. The molecule has 0 aromatic rings. The van der Waals surface area contributed by atoms with E-state index in [0.29, 0.717) is 0 Å². The predicted molar refractivity (Wildman–Crippen MR) is 254 cm³/mol. The lowest BCUT2D eigenvalue weighted by atomic mass is 9.90. The van der Waals surface area contributed by atoms with Gasteiger partial charge in [-0.05, 0) is 0 Å². The van der Waals surface area contributed by atoms with Gasteiger partial charge in [0.15, 0.2) is 0 Å². The highest BCUT2D eigenvalue weighted by molar-refractivity contribution is 7.81. The number of rotatable bonds is 35. The number of esters is 8. The summed E-state index contributed by atoms with van der Waals surface area (Å²) in [6.07, 6.45) is 0.0353. The molecule has 27 heteroatoms. The van der Waals surface area contributed by atoms with Crippen LogP contribution in [0.5, 0.6) is 0 Å². The summed E-state index contributed by atoms with van der Waals surface area (Å²) >= 11 is 31.3. The molecule has 0 radical (unpaired) electrons. The second-order valence-corrected chi connectivity index (χ2v) is 16.6. The SMILES string of the molecule is O=C(CCS)OCC(CO)(COCC(COC(=O)CCS)(COC(=O)CCS)COC(=O)CCS)COC(=O)CCS.O=C(CS)OCC(CO)(COC(=O)CS)COC(=O)CS. The van der Waals surface area contributed by atoms with Gasteiger partial charge in [-0.3, -0.25) is 38.4 Å². The van der Waals surface area contributed by atoms with Crippen molar-refractivity contribution in [3.8, 4) is 0 Å². The van der Waals surface area contributed by atoms with E-state index in [0.717, 1.165) is 0 Å². The van der Waals surface area contributed by atoms with Crippen LogP contribution in [0.15, 0.2) is 0 Å². The van der Waals surface area contributed by atoms with Crippen molar-refractivity contribution in [3.63, 3.8) is 0 Å². The Hall–Kier alpha value is -1.56. The van der Waals surface area contributed by atoms with Crippen molar-refractivity contribution >= 4 is 149 Å². The third-order valence-corrected chi connectivity index (χ3v) is 9.66. The number of hydrogen-bond acceptors (Lipinski definition) is 27. The first-order valence-corrected chi connectivity index (χ1v) is 23.9. The van der Waals surface area contributed by atoms with E-state index < -0.39 is 77.2 Å². The third kappa shape index (κ3) is 31.1. The topological polar surface area (TPSA) is 260 Å². The minimum atomic E-state index is -1.38. The number of aliphatic hydroxyl groups is 2. The Kier molecular flexibility index (Phi) is 38.9. The van der Waals surface area contributed by atoms with Gasteiger partial charge in [0, 0.05) is 28.8 Å². The molecule has 0 unspecified atom stereocenters. The Labute approximate surface area is 411 Å². The zero-order chi connectivity index (χ0) is 48.2. The summed E-state index contributed by atoms with van der Waals surface area (Å²) in [6.45, 7) is -4.41. The summed E-state index contributed by atoms with van der Waals surface area (Å²) in [7, 11) is 0. The maximum atomic E-state index is 12.2. The maximum absolute atomic E-state index is 12.2. The van der Waals surface area contributed by atoms with Crippen molar-refractivity contribution in [2.24, 2.45) is 16.2 Å². The van der Waals surface area contributed by atoms with Gasteiger partial charge in [0.1, 0.15) is 52.9 Å². The zero-order valence-corrected chi connectivity index (χ0v) is 41.7. The quantitative estimate of drug-likeness (QED) is 0.0238. The first kappa shape index (κ1) is 63.5. The monoisotopic (exact) mass is 1050 g/mol. The molecule has 0 aliphatic heterocycles. The van der Waals surface area contributed by atoms with Crippen LogP contribution in [0.25, 0.3) is 0 Å². The van der Waals surface area contributed by atoms with Crippen molar-refractivity contribution in [3.05, 3.63) is 0 Å². The molecule has 0 aliphatic carbocycles. The third-order valence-electron chi connectivity index (χ3n) is 7.77. The molecular weight excluding hydrogens is 993 g/mol. The second kappa shape index (κ2) is 38.5. The van der Waals surface area contributed by atoms with Gasteiger partial charge in [-0.15, -0.1) is 0 Å². The molecule has 0 saturated carbocycles. The smallest absolute Gasteiger partial charge is 0.315 e. The van der Waals surface area contributed by atoms with Gasteiger partial charge >= 0.3 is 47.8 Å². The van der Waals surface area contributed by atoms with E-state index in [1.165, 1.54) is 0 Å². The Bertz CT molecular complexity index is 1250. The minimum Gasteiger partial charge on any atom is -0.465 e. The molecule has 0 saturated heterocycles. The van der Waals surface area contributed by atoms with Gasteiger partial charge in [0.25, 0.3) is 0 Å². The van der Waals surface area contributed by atoms with Crippen molar-refractivity contribution in [1.29, 1.82) is 0 Å². The van der Waals surface area contributed by atoms with Crippen LogP contribution in [0.1, 0.15) is 32.1 Å². The van der Waals surface area contributed by atoms with E-state index in [9.17, 15) is 48.6 Å². The molecule has 0 aromatic heterocycles. The van der Waals surface area contributed by atoms with Crippen molar-refractivity contribution in [2.45, 2.75) is 32.1 Å². The molecular formula is C36H60O19S8. The van der Waals surface area contributed by atoms with Crippen LogP contribution in [-0.2, 0) is 81.0 Å². The fourth-order valence-corrected chi connectivity index (χ4v) is 5.27. The molecule has 0 bridgehead atoms. The Morgan fingerprint density at radius 2 is 0.492 bits per heavy atom. The Morgan fingerprint density at radius 1 is 0.302 bits per heavy atom. The van der Waals surface area contributed by atoms with Gasteiger partial charge in [-0.25, -0.2) is 0 Å².